The highest BCUT2D eigenvalue weighted by atomic mass is 16.3. The zero-order valence-electron chi connectivity index (χ0n) is 17.1. The third-order valence-electron chi connectivity index (χ3n) is 6.83. The van der Waals surface area contributed by atoms with Gasteiger partial charge in [0.05, 0.1) is 11.6 Å². The average molecular weight is 398 g/mol. The zero-order chi connectivity index (χ0) is 20.5. The highest BCUT2D eigenvalue weighted by Crippen LogP contribution is 2.43. The van der Waals surface area contributed by atoms with Crippen LogP contribution in [0.5, 0.6) is 5.75 Å². The van der Waals surface area contributed by atoms with Crippen LogP contribution in [0.25, 0.3) is 10.9 Å². The minimum absolute atomic E-state index is 0.00827. The van der Waals surface area contributed by atoms with Gasteiger partial charge in [0, 0.05) is 35.9 Å². The summed E-state index contributed by atoms with van der Waals surface area (Å²) in [5, 5.41) is 11.4. The Bertz CT molecular complexity index is 1090. The molecule has 3 aliphatic heterocycles. The summed E-state index contributed by atoms with van der Waals surface area (Å²) in [6, 6.07) is 18.1. The number of para-hydroxylation sites is 2. The summed E-state index contributed by atoms with van der Waals surface area (Å²) < 4.78 is 0. The fourth-order valence-corrected chi connectivity index (χ4v) is 5.23. The number of aliphatic imine (C=N–C) groups is 1. The molecule has 3 aliphatic rings. The summed E-state index contributed by atoms with van der Waals surface area (Å²) in [5.74, 6) is 1.51. The molecule has 2 bridgehead atoms. The van der Waals surface area contributed by atoms with Crippen molar-refractivity contribution in [2.75, 3.05) is 13.1 Å². The van der Waals surface area contributed by atoms with Gasteiger partial charge >= 0.3 is 0 Å². The van der Waals surface area contributed by atoms with E-state index in [-0.39, 0.29) is 11.8 Å². The number of aromatic nitrogens is 1. The molecule has 6 rings (SSSR count). The molecule has 1 N–H and O–H groups in total. The van der Waals surface area contributed by atoms with Gasteiger partial charge in [-0.3, -0.25) is 14.9 Å². The lowest BCUT2D eigenvalue weighted by atomic mass is 9.73. The first-order valence-corrected chi connectivity index (χ1v) is 10.8. The maximum atomic E-state index is 10.2. The smallest absolute Gasteiger partial charge is 0.124 e. The zero-order valence-corrected chi connectivity index (χ0v) is 17.1. The van der Waals surface area contributed by atoms with Crippen molar-refractivity contribution in [3.8, 4) is 5.75 Å². The van der Waals surface area contributed by atoms with E-state index in [1.807, 2.05) is 36.7 Å². The standard InChI is InChI=1S/C26H27N3O/c1-2-18-17-29-14-12-19(18)15-24(29)26(28-16-20-7-3-6-10-25(20)30)22-11-13-27-23-9-5-4-8-21(22)23/h2-11,13,16,18-19,24,26,30H,1,12,14-15,17H2/t18-,19-,24+,26+/m0/s1. The Balaban J connectivity index is 1.58. The van der Waals surface area contributed by atoms with Gasteiger partial charge in [-0.25, -0.2) is 0 Å². The highest BCUT2D eigenvalue weighted by molar-refractivity contribution is 5.85. The lowest BCUT2D eigenvalue weighted by Crippen LogP contribution is -2.54. The molecule has 152 valence electrons. The minimum Gasteiger partial charge on any atom is -0.507 e. The molecule has 0 spiro atoms. The second-order valence-corrected chi connectivity index (χ2v) is 8.45. The van der Waals surface area contributed by atoms with E-state index in [1.165, 1.54) is 12.0 Å². The minimum atomic E-state index is -0.00827. The van der Waals surface area contributed by atoms with Crippen LogP contribution in [0.4, 0.5) is 0 Å². The van der Waals surface area contributed by atoms with Crippen LogP contribution in [0.3, 0.4) is 0 Å². The van der Waals surface area contributed by atoms with Crippen molar-refractivity contribution in [2.45, 2.75) is 24.9 Å². The molecule has 4 nitrogen and oxygen atoms in total. The van der Waals surface area contributed by atoms with Crippen LogP contribution in [0.2, 0.25) is 0 Å². The van der Waals surface area contributed by atoms with E-state index in [0.717, 1.165) is 36.0 Å². The molecular weight excluding hydrogens is 370 g/mol. The number of nitrogens with zero attached hydrogens (tertiary/aromatic N) is 3. The second-order valence-electron chi connectivity index (χ2n) is 8.45. The highest BCUT2D eigenvalue weighted by Gasteiger charge is 2.42. The van der Waals surface area contributed by atoms with Gasteiger partial charge in [0.15, 0.2) is 0 Å². The number of hydrogen-bond acceptors (Lipinski definition) is 4. The Morgan fingerprint density at radius 1 is 1.13 bits per heavy atom. The SMILES string of the molecule is C=C[C@H]1CN2CC[C@H]1C[C@@H]2[C@H](N=Cc1ccccc1O)c1ccnc2ccccc12. The van der Waals surface area contributed by atoms with Crippen LogP contribution in [-0.4, -0.2) is 40.3 Å². The third-order valence-corrected chi connectivity index (χ3v) is 6.83. The molecule has 3 saturated heterocycles. The molecule has 5 atom stereocenters. The first-order valence-electron chi connectivity index (χ1n) is 10.8. The van der Waals surface area contributed by atoms with E-state index in [4.69, 9.17) is 4.99 Å². The van der Waals surface area contributed by atoms with Crippen molar-refractivity contribution in [2.24, 2.45) is 16.8 Å². The monoisotopic (exact) mass is 397 g/mol. The van der Waals surface area contributed by atoms with Crippen LogP contribution in [0, 0.1) is 11.8 Å². The number of benzene rings is 2. The fraction of sp³-hybridized carbons (Fsp3) is 0.308. The molecule has 3 aromatic rings. The molecule has 4 heterocycles. The van der Waals surface area contributed by atoms with E-state index in [9.17, 15) is 5.11 Å². The van der Waals surface area contributed by atoms with Gasteiger partial charge in [-0.15, -0.1) is 6.58 Å². The summed E-state index contributed by atoms with van der Waals surface area (Å²) >= 11 is 0. The van der Waals surface area contributed by atoms with E-state index in [2.05, 4.69) is 46.8 Å². The molecule has 0 radical (unpaired) electrons. The van der Waals surface area contributed by atoms with Crippen LogP contribution >= 0.6 is 0 Å². The Kier molecular flexibility index (Phi) is 5.09. The van der Waals surface area contributed by atoms with Gasteiger partial charge in [-0.05, 0) is 61.1 Å². The molecular formula is C26H27N3O. The number of hydrogen-bond donors (Lipinski definition) is 1. The number of fused-ring (bicyclic) bond motifs is 4. The van der Waals surface area contributed by atoms with Gasteiger partial charge in [0.2, 0.25) is 0 Å². The average Bonchev–Trinajstić information content (AvgIpc) is 2.81. The topological polar surface area (TPSA) is 48.7 Å². The molecule has 0 amide bonds. The van der Waals surface area contributed by atoms with Crippen LogP contribution < -0.4 is 0 Å². The molecule has 0 aliphatic carbocycles. The van der Waals surface area contributed by atoms with E-state index < -0.39 is 0 Å². The van der Waals surface area contributed by atoms with Crippen LogP contribution in [-0.2, 0) is 0 Å². The van der Waals surface area contributed by atoms with E-state index in [0.29, 0.717) is 17.9 Å². The summed E-state index contributed by atoms with van der Waals surface area (Å²) in [6.45, 7) is 6.24. The molecule has 2 aromatic carbocycles. The summed E-state index contributed by atoms with van der Waals surface area (Å²) in [4.78, 5) is 12.2. The molecule has 30 heavy (non-hydrogen) atoms. The van der Waals surface area contributed by atoms with Gasteiger partial charge in [-0.1, -0.05) is 36.4 Å². The van der Waals surface area contributed by atoms with Crippen molar-refractivity contribution in [3.63, 3.8) is 0 Å². The Hall–Kier alpha value is -2.98. The normalized spacial score (nSPS) is 26.8. The van der Waals surface area contributed by atoms with Crippen molar-refractivity contribution in [3.05, 3.63) is 84.6 Å². The number of phenolic OH excluding ortho intramolecular Hbond substituents is 1. The molecule has 3 fully saturated rings. The summed E-state index contributed by atoms with van der Waals surface area (Å²) in [6.07, 6.45) is 8.22. The number of phenols is 1. The van der Waals surface area contributed by atoms with Gasteiger partial charge < -0.3 is 5.11 Å². The molecule has 4 heteroatoms. The lowest BCUT2D eigenvalue weighted by molar-refractivity contribution is 0.00797. The van der Waals surface area contributed by atoms with Crippen molar-refractivity contribution < 1.29 is 5.11 Å². The Morgan fingerprint density at radius 2 is 1.97 bits per heavy atom. The predicted octanol–water partition coefficient (Wildman–Crippen LogP) is 5.00. The first kappa shape index (κ1) is 19.0. The predicted molar refractivity (Wildman–Crippen MR) is 122 cm³/mol. The van der Waals surface area contributed by atoms with Gasteiger partial charge in [-0.2, -0.15) is 0 Å². The third kappa shape index (κ3) is 3.41. The Labute approximate surface area is 177 Å². The van der Waals surface area contributed by atoms with E-state index in [1.54, 1.807) is 6.07 Å². The van der Waals surface area contributed by atoms with Crippen LogP contribution in [0.1, 0.15) is 30.0 Å². The largest absolute Gasteiger partial charge is 0.507 e. The second kappa shape index (κ2) is 8.04. The summed E-state index contributed by atoms with van der Waals surface area (Å²) in [7, 11) is 0. The van der Waals surface area contributed by atoms with Crippen molar-refractivity contribution in [1.82, 2.24) is 9.88 Å². The van der Waals surface area contributed by atoms with Gasteiger partial charge in [0.25, 0.3) is 0 Å². The number of pyridine rings is 1. The molecule has 0 saturated carbocycles. The maximum absolute atomic E-state index is 10.2. The first-order chi connectivity index (χ1) is 14.7. The van der Waals surface area contributed by atoms with Gasteiger partial charge in [0.1, 0.15) is 5.75 Å². The maximum Gasteiger partial charge on any atom is 0.124 e. The number of aromatic hydroxyl groups is 1. The Morgan fingerprint density at radius 3 is 2.77 bits per heavy atom. The van der Waals surface area contributed by atoms with Crippen LogP contribution in [0.15, 0.2) is 78.4 Å². The molecule has 1 aromatic heterocycles. The van der Waals surface area contributed by atoms with Crippen molar-refractivity contribution >= 4 is 17.1 Å². The summed E-state index contributed by atoms with van der Waals surface area (Å²) in [5.41, 5.74) is 2.96. The number of piperidine rings is 3. The molecule has 1 unspecified atom stereocenters. The number of rotatable bonds is 5. The quantitative estimate of drug-likeness (QED) is 0.487. The fourth-order valence-electron chi connectivity index (χ4n) is 5.23. The van der Waals surface area contributed by atoms with Crippen molar-refractivity contribution in [1.29, 1.82) is 0 Å². The lowest BCUT2D eigenvalue weighted by Gasteiger charge is -2.51. The van der Waals surface area contributed by atoms with E-state index >= 15 is 0 Å².